The van der Waals surface area contributed by atoms with E-state index in [0.29, 0.717) is 0 Å². The summed E-state index contributed by atoms with van der Waals surface area (Å²) in [6, 6.07) is 66.9. The summed E-state index contributed by atoms with van der Waals surface area (Å²) in [6.45, 7) is 0. The summed E-state index contributed by atoms with van der Waals surface area (Å²) in [6.07, 6.45) is 0. The Morgan fingerprint density at radius 2 is 0.688 bits per heavy atom. The SMILES string of the molecule is c1ccc(-c2ccc(-c3c4ccccc4c4c5ccc(-c6ccccc6)c6cccc(c7cccc3c74)c65)c(-c3ccccc3)c2)cc1. The van der Waals surface area contributed by atoms with Gasteiger partial charge >= 0.3 is 0 Å². The van der Waals surface area contributed by atoms with Crippen LogP contribution >= 0.6 is 0 Å². The van der Waals surface area contributed by atoms with Crippen LogP contribution in [0.15, 0.2) is 182 Å². The quantitative estimate of drug-likeness (QED) is 0.138. The van der Waals surface area contributed by atoms with E-state index >= 15 is 0 Å². The molecule has 0 heteroatoms. The number of hydrogen-bond acceptors (Lipinski definition) is 0. The van der Waals surface area contributed by atoms with Gasteiger partial charge < -0.3 is 0 Å². The predicted molar refractivity (Wildman–Crippen MR) is 207 cm³/mol. The molecule has 0 aliphatic carbocycles. The lowest BCUT2D eigenvalue weighted by Gasteiger charge is -2.22. The van der Waals surface area contributed by atoms with Gasteiger partial charge in [0.15, 0.2) is 0 Å². The van der Waals surface area contributed by atoms with Crippen LogP contribution in [0.5, 0.6) is 0 Å². The fourth-order valence-electron chi connectivity index (χ4n) is 8.16. The van der Waals surface area contributed by atoms with E-state index in [9.17, 15) is 0 Å². The molecule has 0 aromatic heterocycles. The Hall–Kier alpha value is -6.24. The fraction of sp³-hybridized carbons (Fsp3) is 0. The van der Waals surface area contributed by atoms with Crippen LogP contribution in [-0.2, 0) is 0 Å². The molecule has 0 radical (unpaired) electrons. The van der Waals surface area contributed by atoms with Gasteiger partial charge in [-0.1, -0.05) is 176 Å². The lowest BCUT2D eigenvalue weighted by molar-refractivity contribution is 1.58. The Morgan fingerprint density at radius 3 is 1.40 bits per heavy atom. The van der Waals surface area contributed by atoms with Gasteiger partial charge in [0.1, 0.15) is 0 Å². The summed E-state index contributed by atoms with van der Waals surface area (Å²) in [5.74, 6) is 0. The van der Waals surface area contributed by atoms with Crippen LogP contribution in [0.2, 0.25) is 0 Å². The molecule has 0 aliphatic heterocycles. The zero-order valence-corrected chi connectivity index (χ0v) is 26.3. The first kappa shape index (κ1) is 26.9. The number of rotatable bonds is 4. The van der Waals surface area contributed by atoms with Crippen LogP contribution in [0, 0.1) is 0 Å². The smallest absolute Gasteiger partial charge is 0.00137 e. The zero-order chi connectivity index (χ0) is 31.6. The molecule has 222 valence electrons. The molecule has 0 saturated heterocycles. The van der Waals surface area contributed by atoms with E-state index in [-0.39, 0.29) is 0 Å². The molecule has 0 unspecified atom stereocenters. The molecule has 0 saturated carbocycles. The maximum absolute atomic E-state index is 2.38. The summed E-state index contributed by atoms with van der Waals surface area (Å²) in [5, 5.41) is 13.1. The van der Waals surface area contributed by atoms with E-state index in [0.717, 1.165) is 0 Å². The Balaban J connectivity index is 1.36. The molecular weight excluding hydrogens is 577 g/mol. The van der Waals surface area contributed by atoms with Crippen molar-refractivity contribution in [2.45, 2.75) is 0 Å². The van der Waals surface area contributed by atoms with E-state index in [4.69, 9.17) is 0 Å². The highest BCUT2D eigenvalue weighted by atomic mass is 14.2. The second kappa shape index (κ2) is 10.7. The summed E-state index contributed by atoms with van der Waals surface area (Å²) in [7, 11) is 0. The number of fused-ring (bicyclic) bond motifs is 4. The van der Waals surface area contributed by atoms with E-state index in [1.807, 2.05) is 0 Å². The normalized spacial score (nSPS) is 11.8. The molecule has 10 aromatic carbocycles. The summed E-state index contributed by atoms with van der Waals surface area (Å²) < 4.78 is 0. The van der Waals surface area contributed by atoms with Gasteiger partial charge in [-0.05, 0) is 104 Å². The molecule has 48 heavy (non-hydrogen) atoms. The molecule has 0 amide bonds. The van der Waals surface area contributed by atoms with Crippen molar-refractivity contribution in [3.63, 3.8) is 0 Å². The minimum atomic E-state index is 1.22. The van der Waals surface area contributed by atoms with Crippen LogP contribution in [0.4, 0.5) is 0 Å². The average molecular weight is 607 g/mol. The van der Waals surface area contributed by atoms with E-state index < -0.39 is 0 Å². The van der Waals surface area contributed by atoms with Gasteiger partial charge in [-0.25, -0.2) is 0 Å². The Labute approximate surface area is 279 Å². The maximum Gasteiger partial charge on any atom is -0.00137 e. The third kappa shape index (κ3) is 3.96. The molecule has 0 fully saturated rings. The standard InChI is InChI=1S/C48H30/c1-4-14-31(15-5-1)34-26-27-41(44(30-34)33-18-8-3-9-19-33)46-37-20-10-11-21-39(37)48-43-29-28-35(32-16-6-2-7-17-32)36-22-12-23-38(45(36)43)40-24-13-25-42(46)47(40)48/h1-30H. The van der Waals surface area contributed by atoms with Crippen molar-refractivity contribution in [3.8, 4) is 44.5 Å². The Bertz CT molecular complexity index is 2790. The van der Waals surface area contributed by atoms with Crippen molar-refractivity contribution in [1.82, 2.24) is 0 Å². The van der Waals surface area contributed by atoms with Crippen LogP contribution in [0.1, 0.15) is 0 Å². The van der Waals surface area contributed by atoms with Crippen molar-refractivity contribution in [3.05, 3.63) is 182 Å². The van der Waals surface area contributed by atoms with E-state index in [2.05, 4.69) is 182 Å². The maximum atomic E-state index is 2.38. The second-order valence-corrected chi connectivity index (χ2v) is 12.8. The van der Waals surface area contributed by atoms with Crippen LogP contribution < -0.4 is 0 Å². The van der Waals surface area contributed by atoms with Crippen molar-refractivity contribution in [2.75, 3.05) is 0 Å². The molecule has 0 aliphatic rings. The Morgan fingerprint density at radius 1 is 0.208 bits per heavy atom. The highest BCUT2D eigenvalue weighted by Gasteiger charge is 2.22. The van der Waals surface area contributed by atoms with Crippen molar-refractivity contribution < 1.29 is 0 Å². The topological polar surface area (TPSA) is 0 Å². The summed E-state index contributed by atoms with van der Waals surface area (Å²) >= 11 is 0. The van der Waals surface area contributed by atoms with Gasteiger partial charge in [-0.15, -0.1) is 0 Å². The third-order valence-corrected chi connectivity index (χ3v) is 10.2. The van der Waals surface area contributed by atoms with Gasteiger partial charge in [0, 0.05) is 0 Å². The lowest BCUT2D eigenvalue weighted by atomic mass is 9.81. The van der Waals surface area contributed by atoms with Crippen LogP contribution in [-0.4, -0.2) is 0 Å². The highest BCUT2D eigenvalue weighted by molar-refractivity contribution is 6.41. The highest BCUT2D eigenvalue weighted by Crippen LogP contribution is 2.50. The minimum Gasteiger partial charge on any atom is -0.0622 e. The first-order chi connectivity index (χ1) is 23.8. The van der Waals surface area contributed by atoms with Gasteiger partial charge in [-0.3, -0.25) is 0 Å². The summed E-state index contributed by atoms with van der Waals surface area (Å²) in [5.41, 5.74) is 9.98. The number of benzene rings is 10. The molecule has 0 heterocycles. The first-order valence-electron chi connectivity index (χ1n) is 16.7. The van der Waals surface area contributed by atoms with Gasteiger partial charge in [-0.2, -0.15) is 0 Å². The minimum absolute atomic E-state index is 1.22. The molecule has 0 atom stereocenters. The van der Waals surface area contributed by atoms with Crippen molar-refractivity contribution >= 4 is 53.9 Å². The zero-order valence-electron chi connectivity index (χ0n) is 26.3. The fourth-order valence-corrected chi connectivity index (χ4v) is 8.16. The Kier molecular flexibility index (Phi) is 5.98. The van der Waals surface area contributed by atoms with Crippen LogP contribution in [0.25, 0.3) is 98.4 Å². The predicted octanol–water partition coefficient (Wildman–Crippen LogP) is 13.6. The van der Waals surface area contributed by atoms with Crippen molar-refractivity contribution in [2.24, 2.45) is 0 Å². The molecule has 0 spiro atoms. The van der Waals surface area contributed by atoms with Crippen LogP contribution in [0.3, 0.4) is 0 Å². The third-order valence-electron chi connectivity index (χ3n) is 10.2. The molecule has 0 bridgehead atoms. The summed E-state index contributed by atoms with van der Waals surface area (Å²) in [4.78, 5) is 0. The molecule has 10 rings (SSSR count). The molecular formula is C48H30. The lowest BCUT2D eigenvalue weighted by Crippen LogP contribution is -1.94. The largest absolute Gasteiger partial charge is 0.0622 e. The monoisotopic (exact) mass is 606 g/mol. The van der Waals surface area contributed by atoms with E-state index in [1.54, 1.807) is 0 Å². The molecule has 10 aromatic rings. The second-order valence-electron chi connectivity index (χ2n) is 12.8. The van der Waals surface area contributed by atoms with Gasteiger partial charge in [0.25, 0.3) is 0 Å². The van der Waals surface area contributed by atoms with Crippen molar-refractivity contribution in [1.29, 1.82) is 0 Å². The van der Waals surface area contributed by atoms with Gasteiger partial charge in [0.2, 0.25) is 0 Å². The molecule has 0 N–H and O–H groups in total. The number of hydrogen-bond donors (Lipinski definition) is 0. The first-order valence-corrected chi connectivity index (χ1v) is 16.7. The van der Waals surface area contributed by atoms with E-state index in [1.165, 1.54) is 98.4 Å². The average Bonchev–Trinajstić information content (AvgIpc) is 3.17. The van der Waals surface area contributed by atoms with Gasteiger partial charge in [0.05, 0.1) is 0 Å². The molecule has 0 nitrogen and oxygen atoms in total.